The highest BCUT2D eigenvalue weighted by Crippen LogP contribution is 2.32. The normalized spacial score (nSPS) is 15.7. The van der Waals surface area contributed by atoms with Gasteiger partial charge in [0.1, 0.15) is 10.9 Å². The van der Waals surface area contributed by atoms with Crippen LogP contribution in [-0.4, -0.2) is 42.2 Å². The van der Waals surface area contributed by atoms with E-state index in [0.29, 0.717) is 16.3 Å². The van der Waals surface area contributed by atoms with E-state index in [1.54, 1.807) is 41.1 Å². The lowest BCUT2D eigenvalue weighted by Gasteiger charge is -2.10. The Labute approximate surface area is 156 Å². The maximum atomic E-state index is 12.3. The van der Waals surface area contributed by atoms with Gasteiger partial charge in [0.05, 0.1) is 9.83 Å². The Morgan fingerprint density at radius 3 is 2.62 bits per heavy atom. The number of carboxylic acid groups (broad SMARTS) is 1. The number of thiocarbonyl (C=S) groups is 1. The second-order valence-corrected chi connectivity index (χ2v) is 6.91. The number of nitro benzene ring substituents is 1. The van der Waals surface area contributed by atoms with Gasteiger partial charge in [-0.25, -0.2) is 0 Å². The Morgan fingerprint density at radius 2 is 2.00 bits per heavy atom. The summed E-state index contributed by atoms with van der Waals surface area (Å²) < 4.78 is 1.95. The van der Waals surface area contributed by atoms with Crippen LogP contribution in [0.3, 0.4) is 0 Å². The van der Waals surface area contributed by atoms with E-state index >= 15 is 0 Å². The second kappa shape index (κ2) is 7.10. The van der Waals surface area contributed by atoms with Gasteiger partial charge in [-0.1, -0.05) is 24.0 Å². The molecule has 1 saturated heterocycles. The molecule has 1 amide bonds. The number of rotatable bonds is 5. The molecule has 0 aliphatic carbocycles. The van der Waals surface area contributed by atoms with Crippen LogP contribution in [0.2, 0.25) is 0 Å². The highest BCUT2D eigenvalue weighted by Gasteiger charge is 2.33. The van der Waals surface area contributed by atoms with E-state index < -0.39 is 23.3 Å². The van der Waals surface area contributed by atoms with Crippen molar-refractivity contribution in [3.63, 3.8) is 0 Å². The number of aromatic nitrogens is 1. The van der Waals surface area contributed by atoms with E-state index in [2.05, 4.69) is 0 Å². The summed E-state index contributed by atoms with van der Waals surface area (Å²) in [4.78, 5) is 34.8. The van der Waals surface area contributed by atoms with Crippen LogP contribution in [-0.2, 0) is 9.59 Å². The summed E-state index contributed by atoms with van der Waals surface area (Å²) in [5, 5.41) is 19.6. The van der Waals surface area contributed by atoms with E-state index in [9.17, 15) is 19.7 Å². The van der Waals surface area contributed by atoms with Crippen molar-refractivity contribution >= 4 is 51.9 Å². The summed E-state index contributed by atoms with van der Waals surface area (Å²) in [6.45, 7) is -0.481. The molecule has 1 aromatic heterocycles. The Hall–Kier alpha value is -2.98. The second-order valence-electron chi connectivity index (χ2n) is 5.24. The lowest BCUT2D eigenvalue weighted by molar-refractivity contribution is -0.384. The fraction of sp³-hybridized carbons (Fsp3) is 0.0625. The van der Waals surface area contributed by atoms with Crippen molar-refractivity contribution in [2.45, 2.75) is 0 Å². The van der Waals surface area contributed by atoms with Gasteiger partial charge in [0.15, 0.2) is 0 Å². The number of carboxylic acids is 1. The summed E-state index contributed by atoms with van der Waals surface area (Å²) in [6, 6.07) is 9.53. The molecule has 2 aromatic rings. The molecule has 1 aromatic carbocycles. The van der Waals surface area contributed by atoms with E-state index in [0.717, 1.165) is 16.7 Å². The Balaban J connectivity index is 1.90. The number of non-ortho nitro benzene ring substituents is 1. The molecule has 10 heteroatoms. The quantitative estimate of drug-likeness (QED) is 0.363. The van der Waals surface area contributed by atoms with Crippen molar-refractivity contribution in [1.29, 1.82) is 0 Å². The predicted octanol–water partition coefficient (Wildman–Crippen LogP) is 2.67. The van der Waals surface area contributed by atoms with Gasteiger partial charge in [-0.05, 0) is 30.3 Å². The number of nitrogens with zero attached hydrogens (tertiary/aromatic N) is 3. The zero-order valence-electron chi connectivity index (χ0n) is 13.1. The van der Waals surface area contributed by atoms with Gasteiger partial charge in [0, 0.05) is 29.7 Å². The summed E-state index contributed by atoms with van der Waals surface area (Å²) in [7, 11) is 0. The molecule has 0 saturated carbocycles. The Bertz CT molecular complexity index is 949. The standard InChI is InChI=1S/C16H11N3O5S2/c20-14(21)9-18-15(22)13(26-16(18)25)8-12-2-1-7-17(12)10-3-5-11(6-4-10)19(23)24/h1-8H,9H2,(H,20,21). The van der Waals surface area contributed by atoms with Gasteiger partial charge in [-0.2, -0.15) is 0 Å². The van der Waals surface area contributed by atoms with Gasteiger partial charge >= 0.3 is 5.97 Å². The molecule has 2 heterocycles. The van der Waals surface area contributed by atoms with Crippen molar-refractivity contribution in [3.05, 3.63) is 63.3 Å². The molecular formula is C16H11N3O5S2. The molecule has 1 aliphatic heterocycles. The third-order valence-electron chi connectivity index (χ3n) is 3.56. The van der Waals surface area contributed by atoms with Crippen LogP contribution in [0.25, 0.3) is 11.8 Å². The molecule has 8 nitrogen and oxygen atoms in total. The monoisotopic (exact) mass is 389 g/mol. The number of carbonyl (C=O) groups excluding carboxylic acids is 1. The topological polar surface area (TPSA) is 106 Å². The first kappa shape index (κ1) is 17.8. The zero-order valence-corrected chi connectivity index (χ0v) is 14.7. The van der Waals surface area contributed by atoms with E-state index in [-0.39, 0.29) is 10.0 Å². The first-order valence-corrected chi connectivity index (χ1v) is 8.48. The molecule has 0 unspecified atom stereocenters. The molecule has 0 atom stereocenters. The number of amides is 1. The van der Waals surface area contributed by atoms with Crippen LogP contribution in [0.1, 0.15) is 5.69 Å². The largest absolute Gasteiger partial charge is 0.480 e. The van der Waals surface area contributed by atoms with E-state index in [1.807, 2.05) is 0 Å². The molecule has 1 aliphatic rings. The number of carbonyl (C=O) groups is 2. The van der Waals surface area contributed by atoms with Crippen LogP contribution < -0.4 is 0 Å². The van der Waals surface area contributed by atoms with Gasteiger partial charge in [-0.15, -0.1) is 0 Å². The van der Waals surface area contributed by atoms with Crippen LogP contribution in [0, 0.1) is 10.1 Å². The smallest absolute Gasteiger partial charge is 0.323 e. The molecule has 132 valence electrons. The van der Waals surface area contributed by atoms with Crippen LogP contribution in [0.5, 0.6) is 0 Å². The van der Waals surface area contributed by atoms with Crippen LogP contribution in [0.15, 0.2) is 47.5 Å². The zero-order chi connectivity index (χ0) is 18.8. The average molecular weight is 389 g/mol. The summed E-state index contributed by atoms with van der Waals surface area (Å²) in [6.07, 6.45) is 3.37. The van der Waals surface area contributed by atoms with E-state index in [1.165, 1.54) is 12.1 Å². The molecule has 0 radical (unpaired) electrons. The van der Waals surface area contributed by atoms with Crippen molar-refractivity contribution < 1.29 is 19.6 Å². The van der Waals surface area contributed by atoms with Gasteiger partial charge in [-0.3, -0.25) is 24.6 Å². The van der Waals surface area contributed by atoms with E-state index in [4.69, 9.17) is 17.3 Å². The van der Waals surface area contributed by atoms with Gasteiger partial charge in [0.25, 0.3) is 11.6 Å². The number of hydrogen-bond donors (Lipinski definition) is 1. The number of hydrogen-bond acceptors (Lipinski definition) is 6. The highest BCUT2D eigenvalue weighted by molar-refractivity contribution is 8.26. The Kier molecular flexibility index (Phi) is 4.87. The first-order chi connectivity index (χ1) is 12.4. The minimum Gasteiger partial charge on any atom is -0.480 e. The summed E-state index contributed by atoms with van der Waals surface area (Å²) in [5.41, 5.74) is 1.33. The molecule has 1 N–H and O–H groups in total. The summed E-state index contributed by atoms with van der Waals surface area (Å²) in [5.74, 6) is -1.60. The van der Waals surface area contributed by atoms with Crippen LogP contribution >= 0.6 is 24.0 Å². The molecule has 26 heavy (non-hydrogen) atoms. The third-order valence-corrected chi connectivity index (χ3v) is 4.94. The molecule has 1 fully saturated rings. The summed E-state index contributed by atoms with van der Waals surface area (Å²) >= 11 is 6.10. The van der Waals surface area contributed by atoms with Gasteiger partial charge in [0.2, 0.25) is 0 Å². The van der Waals surface area contributed by atoms with Crippen LogP contribution in [0.4, 0.5) is 5.69 Å². The fourth-order valence-electron chi connectivity index (χ4n) is 2.39. The third kappa shape index (κ3) is 3.51. The highest BCUT2D eigenvalue weighted by atomic mass is 32.2. The fourth-order valence-corrected chi connectivity index (χ4v) is 3.63. The molecule has 3 rings (SSSR count). The number of thioether (sulfide) groups is 1. The average Bonchev–Trinajstić information content (AvgIpc) is 3.15. The maximum Gasteiger partial charge on any atom is 0.323 e. The first-order valence-electron chi connectivity index (χ1n) is 7.26. The number of benzene rings is 1. The maximum absolute atomic E-state index is 12.3. The van der Waals surface area contributed by atoms with Crippen molar-refractivity contribution in [2.75, 3.05) is 6.54 Å². The predicted molar refractivity (Wildman–Crippen MR) is 99.9 cm³/mol. The minimum atomic E-state index is -1.14. The lowest BCUT2D eigenvalue weighted by atomic mass is 10.2. The van der Waals surface area contributed by atoms with Crippen molar-refractivity contribution in [3.8, 4) is 5.69 Å². The van der Waals surface area contributed by atoms with Crippen molar-refractivity contribution in [1.82, 2.24) is 9.47 Å². The van der Waals surface area contributed by atoms with Crippen molar-refractivity contribution in [2.24, 2.45) is 0 Å². The molecular weight excluding hydrogens is 378 g/mol. The molecule has 0 spiro atoms. The Morgan fingerprint density at radius 1 is 1.31 bits per heavy atom. The number of nitro groups is 1. The lowest BCUT2D eigenvalue weighted by Crippen LogP contribution is -2.33. The molecule has 0 bridgehead atoms. The SMILES string of the molecule is O=C(O)CN1C(=O)C(=Cc2cccn2-c2ccc([N+](=O)[O-])cc2)SC1=S. The number of aliphatic carboxylic acids is 1. The minimum absolute atomic E-state index is 0.0167. The van der Waals surface area contributed by atoms with Gasteiger partial charge < -0.3 is 9.67 Å².